The quantitative estimate of drug-likeness (QED) is 0.606. The molecule has 168 valence electrons. The molecule has 3 aromatic heterocycles. The Bertz CT molecular complexity index is 1160. The Balaban J connectivity index is 1.59. The SMILES string of the molecule is O=C(NC1CCCn2nc(-c3ccnc(C(F)(F)F)c3)nc21)c1cncc(C(F)(F)F)n1. The summed E-state index contributed by atoms with van der Waals surface area (Å²) in [7, 11) is 0. The largest absolute Gasteiger partial charge is 0.434 e. The van der Waals surface area contributed by atoms with Crippen molar-refractivity contribution in [2.45, 2.75) is 37.8 Å². The molecule has 1 amide bonds. The number of aryl methyl sites for hydroxylation is 1. The molecule has 1 aliphatic heterocycles. The summed E-state index contributed by atoms with van der Waals surface area (Å²) in [5.41, 5.74) is -2.85. The maximum absolute atomic E-state index is 12.9. The maximum Gasteiger partial charge on any atom is 0.434 e. The number of carbonyl (C=O) groups excluding carboxylic acids is 1. The van der Waals surface area contributed by atoms with Crippen LogP contribution in [0.1, 0.15) is 46.6 Å². The lowest BCUT2D eigenvalue weighted by Gasteiger charge is -2.22. The molecule has 1 aliphatic rings. The van der Waals surface area contributed by atoms with Crippen LogP contribution < -0.4 is 5.32 Å². The van der Waals surface area contributed by atoms with Gasteiger partial charge in [0, 0.05) is 18.3 Å². The highest BCUT2D eigenvalue weighted by atomic mass is 19.4. The number of pyridine rings is 1. The van der Waals surface area contributed by atoms with E-state index in [1.165, 1.54) is 10.7 Å². The van der Waals surface area contributed by atoms with Crippen molar-refractivity contribution < 1.29 is 31.1 Å². The second-order valence-corrected chi connectivity index (χ2v) is 6.90. The summed E-state index contributed by atoms with van der Waals surface area (Å²) in [4.78, 5) is 26.7. The van der Waals surface area contributed by atoms with Gasteiger partial charge in [-0.05, 0) is 25.0 Å². The summed E-state index contributed by atoms with van der Waals surface area (Å²) in [6.07, 6.45) is -6.05. The Morgan fingerprint density at radius 1 is 1.06 bits per heavy atom. The Kier molecular flexibility index (Phi) is 5.30. The highest BCUT2D eigenvalue weighted by molar-refractivity contribution is 5.92. The van der Waals surface area contributed by atoms with Crippen molar-refractivity contribution in [3.63, 3.8) is 0 Å². The van der Waals surface area contributed by atoms with Crippen molar-refractivity contribution in [1.82, 2.24) is 35.0 Å². The zero-order valence-corrected chi connectivity index (χ0v) is 15.9. The molecule has 0 saturated carbocycles. The van der Waals surface area contributed by atoms with Gasteiger partial charge in [0.15, 0.2) is 11.5 Å². The lowest BCUT2D eigenvalue weighted by molar-refractivity contribution is -0.142. The highest BCUT2D eigenvalue weighted by Gasteiger charge is 2.35. The molecule has 0 spiro atoms. The normalized spacial score (nSPS) is 16.5. The lowest BCUT2D eigenvalue weighted by Crippen LogP contribution is -2.34. The summed E-state index contributed by atoms with van der Waals surface area (Å²) < 4.78 is 78.7. The molecule has 4 heterocycles. The molecule has 0 aromatic carbocycles. The molecular weight excluding hydrogens is 444 g/mol. The summed E-state index contributed by atoms with van der Waals surface area (Å²) in [5, 5.41) is 6.75. The Morgan fingerprint density at radius 2 is 1.81 bits per heavy atom. The average Bonchev–Trinajstić information content (AvgIpc) is 3.18. The first kappa shape index (κ1) is 21.6. The van der Waals surface area contributed by atoms with Crippen molar-refractivity contribution in [3.8, 4) is 11.4 Å². The van der Waals surface area contributed by atoms with Gasteiger partial charge in [-0.1, -0.05) is 0 Å². The molecule has 3 aromatic rings. The van der Waals surface area contributed by atoms with Crippen molar-refractivity contribution in [3.05, 3.63) is 53.6 Å². The van der Waals surface area contributed by atoms with E-state index in [0.717, 1.165) is 18.5 Å². The number of hydrogen-bond donors (Lipinski definition) is 1. The molecule has 14 heteroatoms. The van der Waals surface area contributed by atoms with E-state index in [1.807, 2.05) is 0 Å². The molecule has 4 rings (SSSR count). The van der Waals surface area contributed by atoms with Gasteiger partial charge in [0.2, 0.25) is 0 Å². The van der Waals surface area contributed by atoms with Gasteiger partial charge in [0.25, 0.3) is 5.91 Å². The number of aromatic nitrogens is 6. The van der Waals surface area contributed by atoms with E-state index < -0.39 is 41.4 Å². The topological polar surface area (TPSA) is 98.5 Å². The second-order valence-electron chi connectivity index (χ2n) is 6.90. The van der Waals surface area contributed by atoms with Crippen LogP contribution in [0.25, 0.3) is 11.4 Å². The number of hydrogen-bond acceptors (Lipinski definition) is 6. The number of fused-ring (bicyclic) bond motifs is 1. The first-order chi connectivity index (χ1) is 15.0. The van der Waals surface area contributed by atoms with Crippen LogP contribution in [0.3, 0.4) is 0 Å². The number of carbonyl (C=O) groups is 1. The van der Waals surface area contributed by atoms with Crippen LogP contribution in [0.15, 0.2) is 30.7 Å². The predicted octanol–water partition coefficient (Wildman–Crippen LogP) is 3.43. The summed E-state index contributed by atoms with van der Waals surface area (Å²) >= 11 is 0. The number of alkyl halides is 6. The van der Waals surface area contributed by atoms with Crippen LogP contribution in [-0.2, 0) is 18.9 Å². The van der Waals surface area contributed by atoms with Crippen LogP contribution in [0.4, 0.5) is 26.3 Å². The summed E-state index contributed by atoms with van der Waals surface area (Å²) in [6, 6.07) is 1.41. The Morgan fingerprint density at radius 3 is 2.53 bits per heavy atom. The second kappa shape index (κ2) is 7.84. The maximum atomic E-state index is 12.9. The minimum absolute atomic E-state index is 0.00732. The molecule has 0 saturated heterocycles. The Labute approximate surface area is 175 Å². The number of rotatable bonds is 3. The predicted molar refractivity (Wildman–Crippen MR) is 94.7 cm³/mol. The van der Waals surface area contributed by atoms with Gasteiger partial charge in [-0.15, -0.1) is 0 Å². The third kappa shape index (κ3) is 4.38. The Hall–Kier alpha value is -3.58. The van der Waals surface area contributed by atoms with Gasteiger partial charge in [-0.25, -0.2) is 14.6 Å². The summed E-state index contributed by atoms with van der Waals surface area (Å²) in [5.74, 6) is -0.618. The van der Waals surface area contributed by atoms with E-state index in [4.69, 9.17) is 0 Å². The van der Waals surface area contributed by atoms with Gasteiger partial charge in [-0.3, -0.25) is 14.8 Å². The van der Waals surface area contributed by atoms with Crippen molar-refractivity contribution >= 4 is 5.91 Å². The zero-order chi connectivity index (χ0) is 23.1. The smallest absolute Gasteiger partial charge is 0.341 e. The molecule has 1 unspecified atom stereocenters. The number of nitrogens with one attached hydrogen (secondary N) is 1. The molecule has 0 aliphatic carbocycles. The zero-order valence-electron chi connectivity index (χ0n) is 15.9. The standard InChI is InChI=1S/C18H13F6N7O/c19-17(20,21)12-6-9(3-4-26-12)14-29-15-10(2-1-5-31(15)30-14)28-16(32)11-7-25-8-13(27-11)18(22,23)24/h3-4,6-8,10H,1-2,5H2,(H,28,32). The van der Waals surface area contributed by atoms with Gasteiger partial charge in [-0.2, -0.15) is 31.4 Å². The van der Waals surface area contributed by atoms with Crippen LogP contribution in [-0.4, -0.2) is 35.6 Å². The van der Waals surface area contributed by atoms with E-state index >= 15 is 0 Å². The van der Waals surface area contributed by atoms with E-state index in [1.54, 1.807) is 0 Å². The fraction of sp³-hybridized carbons (Fsp3) is 0.333. The molecule has 1 atom stereocenters. The first-order valence-electron chi connectivity index (χ1n) is 9.21. The summed E-state index contributed by atoms with van der Waals surface area (Å²) in [6.45, 7) is 0.412. The molecule has 1 N–H and O–H groups in total. The third-order valence-electron chi connectivity index (χ3n) is 4.65. The van der Waals surface area contributed by atoms with Crippen molar-refractivity contribution in [2.24, 2.45) is 0 Å². The third-order valence-corrected chi connectivity index (χ3v) is 4.65. The van der Waals surface area contributed by atoms with Gasteiger partial charge in [0.05, 0.1) is 18.4 Å². The molecular formula is C18H13F6N7O. The highest BCUT2D eigenvalue weighted by Crippen LogP contribution is 2.31. The first-order valence-corrected chi connectivity index (χ1v) is 9.21. The molecule has 0 fully saturated rings. The molecule has 32 heavy (non-hydrogen) atoms. The van der Waals surface area contributed by atoms with Crippen LogP contribution in [0.5, 0.6) is 0 Å². The van der Waals surface area contributed by atoms with Crippen LogP contribution in [0, 0.1) is 0 Å². The number of amides is 1. The fourth-order valence-corrected chi connectivity index (χ4v) is 3.18. The monoisotopic (exact) mass is 457 g/mol. The molecule has 0 radical (unpaired) electrons. The van der Waals surface area contributed by atoms with E-state index in [-0.39, 0.29) is 17.2 Å². The minimum Gasteiger partial charge on any atom is -0.341 e. The molecule has 8 nitrogen and oxygen atoms in total. The van der Waals surface area contributed by atoms with Gasteiger partial charge >= 0.3 is 12.4 Å². The average molecular weight is 457 g/mol. The van der Waals surface area contributed by atoms with Gasteiger partial charge in [0.1, 0.15) is 17.2 Å². The van der Waals surface area contributed by atoms with E-state index in [9.17, 15) is 31.1 Å². The van der Waals surface area contributed by atoms with E-state index in [0.29, 0.717) is 25.6 Å². The minimum atomic E-state index is -4.76. The van der Waals surface area contributed by atoms with Gasteiger partial charge < -0.3 is 5.32 Å². The molecule has 0 bridgehead atoms. The van der Waals surface area contributed by atoms with Crippen molar-refractivity contribution in [2.75, 3.05) is 0 Å². The number of halogens is 6. The van der Waals surface area contributed by atoms with Crippen LogP contribution in [0.2, 0.25) is 0 Å². The van der Waals surface area contributed by atoms with E-state index in [2.05, 4.69) is 30.4 Å². The lowest BCUT2D eigenvalue weighted by atomic mass is 10.1. The number of nitrogens with zero attached hydrogens (tertiary/aromatic N) is 6. The van der Waals surface area contributed by atoms with Crippen LogP contribution >= 0.6 is 0 Å². The fourth-order valence-electron chi connectivity index (χ4n) is 3.18. The van der Waals surface area contributed by atoms with Crippen molar-refractivity contribution in [1.29, 1.82) is 0 Å².